The second-order valence-corrected chi connectivity index (χ2v) is 13.2. The van der Waals surface area contributed by atoms with E-state index in [1.54, 1.807) is 0 Å². The van der Waals surface area contributed by atoms with Gasteiger partial charge in [0, 0.05) is 11.5 Å². The number of rotatable bonds is 7. The maximum atomic E-state index is 12.2. The van der Waals surface area contributed by atoms with E-state index in [1.165, 1.54) is 7.11 Å². The first kappa shape index (κ1) is 20.9. The van der Waals surface area contributed by atoms with Gasteiger partial charge in [-0.25, -0.2) is 4.79 Å². The van der Waals surface area contributed by atoms with Crippen LogP contribution in [0.5, 0.6) is 0 Å². The Balaban J connectivity index is 2.06. The highest BCUT2D eigenvalue weighted by atomic mass is 28.4. The number of benzene rings is 1. The van der Waals surface area contributed by atoms with E-state index in [9.17, 15) is 4.79 Å². The van der Waals surface area contributed by atoms with E-state index in [1.807, 2.05) is 36.4 Å². The zero-order valence-electron chi connectivity index (χ0n) is 16.9. The van der Waals surface area contributed by atoms with Crippen molar-refractivity contribution in [1.82, 2.24) is 0 Å². The summed E-state index contributed by atoms with van der Waals surface area (Å²) < 4.78 is 17.5. The van der Waals surface area contributed by atoms with Crippen molar-refractivity contribution in [2.24, 2.45) is 5.92 Å². The van der Waals surface area contributed by atoms with Gasteiger partial charge in [-0.1, -0.05) is 57.2 Å². The Morgan fingerprint density at radius 2 is 1.85 bits per heavy atom. The van der Waals surface area contributed by atoms with E-state index in [-0.39, 0.29) is 23.0 Å². The van der Waals surface area contributed by atoms with Gasteiger partial charge >= 0.3 is 5.97 Å². The average Bonchev–Trinajstić information content (AvgIpc) is 2.96. The van der Waals surface area contributed by atoms with E-state index in [0.29, 0.717) is 18.8 Å². The molecule has 0 radical (unpaired) electrons. The molecule has 2 atom stereocenters. The highest BCUT2D eigenvalue weighted by Gasteiger charge is 2.43. The van der Waals surface area contributed by atoms with Gasteiger partial charge in [-0.3, -0.25) is 0 Å². The van der Waals surface area contributed by atoms with Gasteiger partial charge in [0.2, 0.25) is 0 Å². The molecule has 1 aromatic carbocycles. The van der Waals surface area contributed by atoms with Crippen LogP contribution in [0, 0.1) is 5.92 Å². The largest absolute Gasteiger partial charge is 0.466 e. The zero-order chi connectivity index (χ0) is 19.4. The maximum absolute atomic E-state index is 12.2. The molecule has 0 heterocycles. The Bertz CT molecular complexity index is 631. The molecule has 1 aliphatic carbocycles. The van der Waals surface area contributed by atoms with E-state index in [4.69, 9.17) is 13.9 Å². The van der Waals surface area contributed by atoms with E-state index in [0.717, 1.165) is 12.0 Å². The molecule has 0 aliphatic heterocycles. The van der Waals surface area contributed by atoms with Crippen LogP contribution < -0.4 is 0 Å². The molecule has 0 spiro atoms. The van der Waals surface area contributed by atoms with Crippen LogP contribution >= 0.6 is 0 Å². The second kappa shape index (κ2) is 8.50. The van der Waals surface area contributed by atoms with Gasteiger partial charge in [-0.15, -0.1) is 0 Å². The lowest BCUT2D eigenvalue weighted by Gasteiger charge is -2.40. The minimum Gasteiger partial charge on any atom is -0.466 e. The summed E-state index contributed by atoms with van der Waals surface area (Å²) in [6, 6.07) is 10.1. The third-order valence-electron chi connectivity index (χ3n) is 5.50. The molecule has 2 rings (SSSR count). The van der Waals surface area contributed by atoms with E-state index < -0.39 is 8.32 Å². The maximum Gasteiger partial charge on any atom is 0.333 e. The third kappa shape index (κ3) is 5.06. The molecule has 0 saturated carbocycles. The number of carbonyl (C=O) groups is 1. The molecule has 0 saturated heterocycles. The highest BCUT2D eigenvalue weighted by Crippen LogP contribution is 2.41. The molecule has 26 heavy (non-hydrogen) atoms. The van der Waals surface area contributed by atoms with Crippen molar-refractivity contribution in [2.45, 2.75) is 58.0 Å². The van der Waals surface area contributed by atoms with Gasteiger partial charge in [0.05, 0.1) is 26.4 Å². The third-order valence-corrected chi connectivity index (χ3v) is 10.0. The minimum absolute atomic E-state index is 0.0271. The van der Waals surface area contributed by atoms with Crippen LogP contribution in [-0.4, -0.2) is 34.1 Å². The Kier molecular flexibility index (Phi) is 6.83. The normalized spacial score (nSPS) is 20.8. The lowest BCUT2D eigenvalue weighted by Crippen LogP contribution is -2.46. The van der Waals surface area contributed by atoms with Crippen LogP contribution in [0.15, 0.2) is 42.0 Å². The molecule has 0 aromatic heterocycles. The van der Waals surface area contributed by atoms with Crippen molar-refractivity contribution >= 4 is 14.3 Å². The number of methoxy groups -OCH3 is 1. The van der Waals surface area contributed by atoms with Crippen LogP contribution in [0.1, 0.15) is 32.8 Å². The zero-order valence-corrected chi connectivity index (χ0v) is 17.9. The fourth-order valence-corrected chi connectivity index (χ4v) is 4.24. The molecule has 144 valence electrons. The molecule has 1 unspecified atom stereocenters. The lowest BCUT2D eigenvalue weighted by molar-refractivity contribution is -0.137. The van der Waals surface area contributed by atoms with Crippen molar-refractivity contribution in [1.29, 1.82) is 0 Å². The van der Waals surface area contributed by atoms with Gasteiger partial charge in [-0.05, 0) is 30.1 Å². The van der Waals surface area contributed by atoms with Gasteiger partial charge in [0.1, 0.15) is 0 Å². The quantitative estimate of drug-likeness (QED) is 0.510. The molecule has 0 bridgehead atoms. The minimum atomic E-state index is -1.93. The predicted octanol–water partition coefficient (Wildman–Crippen LogP) is 4.71. The van der Waals surface area contributed by atoms with Crippen molar-refractivity contribution < 1.29 is 18.7 Å². The fourth-order valence-electron chi connectivity index (χ4n) is 2.87. The van der Waals surface area contributed by atoms with Crippen LogP contribution in [0.4, 0.5) is 0 Å². The second-order valence-electron chi connectivity index (χ2n) is 8.41. The Hall–Kier alpha value is -1.43. The van der Waals surface area contributed by atoms with Gasteiger partial charge in [0.25, 0.3) is 0 Å². The summed E-state index contributed by atoms with van der Waals surface area (Å²) in [6.07, 6.45) is 2.66. The van der Waals surface area contributed by atoms with Gasteiger partial charge < -0.3 is 13.9 Å². The summed E-state index contributed by atoms with van der Waals surface area (Å²) in [5.74, 6) is -0.361. The summed E-state index contributed by atoms with van der Waals surface area (Å²) in [5, 5.41) is 0.121. The first-order chi connectivity index (χ1) is 12.2. The predicted molar refractivity (Wildman–Crippen MR) is 106 cm³/mol. The van der Waals surface area contributed by atoms with Crippen molar-refractivity contribution in [3.05, 3.63) is 47.5 Å². The molecular formula is C21H32O4Si. The number of hydrogen-bond donors (Lipinski definition) is 0. The highest BCUT2D eigenvalue weighted by molar-refractivity contribution is 6.74. The monoisotopic (exact) mass is 376 g/mol. The fraction of sp³-hybridized carbons (Fsp3) is 0.571. The Morgan fingerprint density at radius 1 is 1.19 bits per heavy atom. The van der Waals surface area contributed by atoms with E-state index in [2.05, 4.69) is 33.9 Å². The first-order valence-electron chi connectivity index (χ1n) is 9.23. The number of hydrogen-bond acceptors (Lipinski definition) is 4. The molecule has 4 nitrogen and oxygen atoms in total. The first-order valence-corrected chi connectivity index (χ1v) is 12.1. The summed E-state index contributed by atoms with van der Waals surface area (Å²) in [7, 11) is -0.507. The average molecular weight is 377 g/mol. The summed E-state index contributed by atoms with van der Waals surface area (Å²) in [5.41, 5.74) is 1.81. The van der Waals surface area contributed by atoms with Crippen molar-refractivity contribution in [2.75, 3.05) is 13.7 Å². The number of esters is 1. The lowest BCUT2D eigenvalue weighted by atomic mass is 10.0. The number of ether oxygens (including phenoxy) is 2. The van der Waals surface area contributed by atoms with Crippen molar-refractivity contribution in [3.8, 4) is 0 Å². The Morgan fingerprint density at radius 3 is 2.42 bits per heavy atom. The number of carbonyl (C=O) groups excluding carboxylic acids is 1. The van der Waals surface area contributed by atoms with Crippen molar-refractivity contribution in [3.63, 3.8) is 0 Å². The molecule has 1 aliphatic rings. The Labute approximate surface area is 158 Å². The van der Waals surface area contributed by atoms with Crippen LogP contribution in [-0.2, 0) is 25.3 Å². The summed E-state index contributed by atoms with van der Waals surface area (Å²) in [6.45, 7) is 12.1. The molecule has 5 heteroatoms. The molecular weight excluding hydrogens is 344 g/mol. The summed E-state index contributed by atoms with van der Waals surface area (Å²) >= 11 is 0. The standard InChI is InChI=1S/C21H32O4Si/c1-21(2,3)26(5,6)25-19-13-12-17(20(22)23-4)18(19)15-24-14-16-10-8-7-9-11-16/h7-12,18-19H,13-15H2,1-6H3/t18?,19-/m1/s1. The smallest absolute Gasteiger partial charge is 0.333 e. The molecule has 0 fully saturated rings. The molecule has 1 aromatic rings. The van der Waals surface area contributed by atoms with Crippen LogP contribution in [0.25, 0.3) is 0 Å². The topological polar surface area (TPSA) is 44.8 Å². The summed E-state index contributed by atoms with van der Waals surface area (Å²) in [4.78, 5) is 12.2. The molecule has 0 N–H and O–H groups in total. The van der Waals surface area contributed by atoms with Gasteiger partial charge in [-0.2, -0.15) is 0 Å². The van der Waals surface area contributed by atoms with Gasteiger partial charge in [0.15, 0.2) is 8.32 Å². The van der Waals surface area contributed by atoms with Crippen LogP contribution in [0.2, 0.25) is 18.1 Å². The van der Waals surface area contributed by atoms with Crippen LogP contribution in [0.3, 0.4) is 0 Å². The molecule has 0 amide bonds. The van der Waals surface area contributed by atoms with E-state index >= 15 is 0 Å². The SMILES string of the molecule is COC(=O)C1=CC[C@@H](O[Si](C)(C)C(C)(C)C)C1COCc1ccccc1.